The van der Waals surface area contributed by atoms with Gasteiger partial charge >= 0.3 is 7.60 Å². The van der Waals surface area contributed by atoms with Crippen molar-refractivity contribution in [2.75, 3.05) is 19.7 Å². The van der Waals surface area contributed by atoms with Gasteiger partial charge in [0.2, 0.25) is 0 Å². The molecule has 3 unspecified atom stereocenters. The molecular formula is C10H21ClNO3P. The maximum atomic E-state index is 12.0. The van der Waals surface area contributed by atoms with Crippen LogP contribution in [0.5, 0.6) is 0 Å². The number of rotatable bonds is 4. The third-order valence-corrected chi connectivity index (χ3v) is 5.75. The van der Waals surface area contributed by atoms with Gasteiger partial charge in [0.15, 0.2) is 0 Å². The molecule has 2 aliphatic rings. The van der Waals surface area contributed by atoms with Crippen LogP contribution in [-0.2, 0) is 9.09 Å². The van der Waals surface area contributed by atoms with E-state index in [1.807, 2.05) is 0 Å². The first-order valence-corrected chi connectivity index (χ1v) is 7.47. The van der Waals surface area contributed by atoms with Gasteiger partial charge in [0.05, 0.1) is 12.3 Å². The van der Waals surface area contributed by atoms with Crippen LogP contribution in [0, 0.1) is 11.8 Å². The normalized spacial score (nSPS) is 33.9. The van der Waals surface area contributed by atoms with Gasteiger partial charge in [0, 0.05) is 6.54 Å². The van der Waals surface area contributed by atoms with Crippen LogP contribution in [0.3, 0.4) is 0 Å². The summed E-state index contributed by atoms with van der Waals surface area (Å²) in [6.45, 7) is 3.60. The molecule has 0 aromatic rings. The smallest absolute Gasteiger partial charge is 0.324 e. The van der Waals surface area contributed by atoms with Crippen molar-refractivity contribution in [2.24, 2.45) is 11.8 Å². The Balaban J connectivity index is 0.00000128. The Hall–Kier alpha value is 0.400. The Morgan fingerprint density at radius 2 is 2.12 bits per heavy atom. The van der Waals surface area contributed by atoms with E-state index in [0.29, 0.717) is 25.0 Å². The van der Waals surface area contributed by atoms with Gasteiger partial charge in [-0.3, -0.25) is 4.57 Å². The highest BCUT2D eigenvalue weighted by Crippen LogP contribution is 2.54. The van der Waals surface area contributed by atoms with E-state index in [1.54, 1.807) is 6.92 Å². The van der Waals surface area contributed by atoms with Crippen LogP contribution in [0.25, 0.3) is 0 Å². The molecule has 0 aromatic heterocycles. The van der Waals surface area contributed by atoms with Crippen molar-refractivity contribution in [3.8, 4) is 0 Å². The number of halogens is 1. The molecule has 1 aliphatic carbocycles. The lowest BCUT2D eigenvalue weighted by atomic mass is 9.75. The molecule has 6 heteroatoms. The van der Waals surface area contributed by atoms with Crippen molar-refractivity contribution in [2.45, 2.75) is 31.8 Å². The summed E-state index contributed by atoms with van der Waals surface area (Å²) in [5.74, 6) is 0.993. The van der Waals surface area contributed by atoms with Gasteiger partial charge in [-0.1, -0.05) is 19.3 Å². The maximum Gasteiger partial charge on any atom is 0.332 e. The molecule has 2 rings (SSSR count). The van der Waals surface area contributed by atoms with E-state index in [-0.39, 0.29) is 18.1 Å². The van der Waals surface area contributed by atoms with Gasteiger partial charge in [-0.15, -0.1) is 12.4 Å². The van der Waals surface area contributed by atoms with Crippen molar-refractivity contribution in [1.82, 2.24) is 5.32 Å². The van der Waals surface area contributed by atoms with E-state index in [1.165, 1.54) is 19.3 Å². The predicted molar refractivity (Wildman–Crippen MR) is 66.2 cm³/mol. The summed E-state index contributed by atoms with van der Waals surface area (Å²) in [5, 5.41) is 3.22. The molecule has 1 aliphatic heterocycles. The van der Waals surface area contributed by atoms with Gasteiger partial charge in [-0.05, 0) is 25.3 Å². The molecule has 96 valence electrons. The lowest BCUT2D eigenvalue weighted by Gasteiger charge is -2.35. The summed E-state index contributed by atoms with van der Waals surface area (Å²) in [5.41, 5.74) is -0.178. The fraction of sp³-hybridized carbons (Fsp3) is 1.00. The summed E-state index contributed by atoms with van der Waals surface area (Å²) in [7, 11) is -3.39. The van der Waals surface area contributed by atoms with Crippen molar-refractivity contribution in [3.63, 3.8) is 0 Å². The van der Waals surface area contributed by atoms with Crippen LogP contribution < -0.4 is 5.32 Å². The Kier molecular flexibility index (Phi) is 5.27. The second-order valence-corrected chi connectivity index (χ2v) is 6.61. The van der Waals surface area contributed by atoms with E-state index < -0.39 is 7.60 Å². The molecule has 0 aromatic carbocycles. The van der Waals surface area contributed by atoms with Crippen LogP contribution in [-0.4, -0.2) is 30.2 Å². The fourth-order valence-electron chi connectivity index (χ4n) is 2.67. The highest BCUT2D eigenvalue weighted by atomic mass is 35.5. The maximum absolute atomic E-state index is 12.0. The Bertz CT molecular complexity index is 273. The third-order valence-electron chi connectivity index (χ3n) is 3.72. The molecule has 4 nitrogen and oxygen atoms in total. The highest BCUT2D eigenvalue weighted by Gasteiger charge is 2.46. The minimum Gasteiger partial charge on any atom is -0.324 e. The van der Waals surface area contributed by atoms with E-state index in [9.17, 15) is 9.46 Å². The van der Waals surface area contributed by atoms with Crippen molar-refractivity contribution in [1.29, 1.82) is 0 Å². The molecule has 2 N–H and O–H groups in total. The van der Waals surface area contributed by atoms with Crippen LogP contribution in [0.15, 0.2) is 0 Å². The molecule has 16 heavy (non-hydrogen) atoms. The zero-order valence-corrected chi connectivity index (χ0v) is 11.3. The lowest BCUT2D eigenvalue weighted by Crippen LogP contribution is -2.31. The molecule has 0 amide bonds. The van der Waals surface area contributed by atoms with E-state index in [0.717, 1.165) is 6.54 Å². The SMILES string of the molecule is CCOP(=O)(O)C1CNCC1C1CCC1.Cl. The lowest BCUT2D eigenvalue weighted by molar-refractivity contribution is 0.199. The van der Waals surface area contributed by atoms with Crippen LogP contribution in [0.4, 0.5) is 0 Å². The second-order valence-electron chi connectivity index (χ2n) is 4.56. The van der Waals surface area contributed by atoms with E-state index >= 15 is 0 Å². The summed E-state index contributed by atoms with van der Waals surface area (Å²) in [4.78, 5) is 9.85. The summed E-state index contributed by atoms with van der Waals surface area (Å²) >= 11 is 0. The molecule has 1 heterocycles. The van der Waals surface area contributed by atoms with Gasteiger partial charge < -0.3 is 14.7 Å². The monoisotopic (exact) mass is 269 g/mol. The minimum absolute atomic E-state index is 0. The van der Waals surface area contributed by atoms with Gasteiger partial charge in [0.25, 0.3) is 0 Å². The van der Waals surface area contributed by atoms with Crippen molar-refractivity contribution >= 4 is 20.0 Å². The fourth-order valence-corrected chi connectivity index (χ4v) is 4.43. The highest BCUT2D eigenvalue weighted by molar-refractivity contribution is 7.53. The molecular weight excluding hydrogens is 249 g/mol. The number of hydrogen-bond donors (Lipinski definition) is 2. The van der Waals surface area contributed by atoms with Crippen molar-refractivity contribution in [3.05, 3.63) is 0 Å². The molecule has 0 radical (unpaired) electrons. The number of hydrogen-bond acceptors (Lipinski definition) is 3. The van der Waals surface area contributed by atoms with E-state index in [4.69, 9.17) is 4.52 Å². The number of nitrogens with one attached hydrogen (secondary N) is 1. The Labute approximate surface area is 103 Å². The standard InChI is InChI=1S/C10H20NO3P.ClH/c1-2-14-15(12,13)10-7-11-6-9(10)8-4-3-5-8;/h8-11H,2-7H2,1H3,(H,12,13);1H. The first kappa shape index (κ1) is 14.5. The average Bonchev–Trinajstić information content (AvgIpc) is 2.49. The molecule has 0 spiro atoms. The minimum atomic E-state index is -3.39. The molecule has 0 bridgehead atoms. The molecule has 1 saturated carbocycles. The van der Waals surface area contributed by atoms with Crippen molar-refractivity contribution < 1.29 is 14.0 Å². The Morgan fingerprint density at radius 3 is 2.62 bits per heavy atom. The van der Waals surface area contributed by atoms with Crippen LogP contribution in [0.2, 0.25) is 0 Å². The third kappa shape index (κ3) is 2.80. The molecule has 2 fully saturated rings. The predicted octanol–water partition coefficient (Wildman–Crippen LogP) is 2.02. The van der Waals surface area contributed by atoms with Crippen LogP contribution in [0.1, 0.15) is 26.2 Å². The van der Waals surface area contributed by atoms with Gasteiger partial charge in [-0.2, -0.15) is 0 Å². The van der Waals surface area contributed by atoms with Crippen LogP contribution >= 0.6 is 20.0 Å². The Morgan fingerprint density at radius 1 is 1.44 bits per heavy atom. The van der Waals surface area contributed by atoms with E-state index in [2.05, 4.69) is 5.32 Å². The summed E-state index contributed by atoms with van der Waals surface area (Å²) in [6, 6.07) is 0. The quantitative estimate of drug-likeness (QED) is 0.767. The van der Waals surface area contributed by atoms with Gasteiger partial charge in [-0.25, -0.2) is 0 Å². The topological polar surface area (TPSA) is 58.6 Å². The first-order chi connectivity index (χ1) is 7.15. The second kappa shape index (κ2) is 5.83. The summed E-state index contributed by atoms with van der Waals surface area (Å²) < 4.78 is 17.0. The molecule has 1 saturated heterocycles. The van der Waals surface area contributed by atoms with Gasteiger partial charge in [0.1, 0.15) is 0 Å². The summed E-state index contributed by atoms with van der Waals surface area (Å²) in [6.07, 6.45) is 3.71. The zero-order chi connectivity index (χ0) is 10.9. The largest absolute Gasteiger partial charge is 0.332 e. The average molecular weight is 270 g/mol. The molecule has 3 atom stereocenters. The zero-order valence-electron chi connectivity index (χ0n) is 9.59. The first-order valence-electron chi connectivity index (χ1n) is 5.83.